The van der Waals surface area contributed by atoms with Crippen molar-refractivity contribution < 1.29 is 19.7 Å². The van der Waals surface area contributed by atoms with Gasteiger partial charge in [-0.25, -0.2) is 4.79 Å². The van der Waals surface area contributed by atoms with Crippen LogP contribution in [-0.4, -0.2) is 42.0 Å². The average molecular weight is 482 g/mol. The number of fused-ring (bicyclic) bond motifs is 3. The highest BCUT2D eigenvalue weighted by molar-refractivity contribution is 6.30. The molecule has 0 aromatic heterocycles. The number of aliphatic hydroxyl groups excluding tert-OH is 1. The maximum Gasteiger partial charge on any atom is 0.335 e. The largest absolute Gasteiger partial charge is 0.490 e. The predicted molar refractivity (Wildman–Crippen MR) is 134 cm³/mol. The molecule has 3 aliphatic rings. The van der Waals surface area contributed by atoms with Crippen LogP contribution in [0.5, 0.6) is 5.75 Å². The molecule has 5 rings (SSSR count). The Hall–Kier alpha value is -2.50. The first-order valence-electron chi connectivity index (χ1n) is 12.1. The van der Waals surface area contributed by atoms with E-state index < -0.39 is 12.1 Å². The van der Waals surface area contributed by atoms with Crippen molar-refractivity contribution in [1.82, 2.24) is 0 Å². The molecule has 2 aromatic carbocycles. The molecule has 34 heavy (non-hydrogen) atoms. The van der Waals surface area contributed by atoms with Gasteiger partial charge in [-0.3, -0.25) is 0 Å². The summed E-state index contributed by atoms with van der Waals surface area (Å²) in [6, 6.07) is 11.3. The average Bonchev–Trinajstić information content (AvgIpc) is 2.95. The number of carbonyl (C=O) groups is 1. The number of nitrogens with zero attached hydrogens (tertiary/aromatic N) is 1. The molecule has 0 radical (unpaired) electrons. The van der Waals surface area contributed by atoms with Gasteiger partial charge in [0.05, 0.1) is 24.0 Å². The Morgan fingerprint density at radius 1 is 1.32 bits per heavy atom. The number of aromatic carboxylic acids is 1. The molecule has 6 heteroatoms. The molecule has 1 unspecified atom stereocenters. The third-order valence-electron chi connectivity index (χ3n) is 8.41. The summed E-state index contributed by atoms with van der Waals surface area (Å²) in [5, 5.41) is 21.0. The first kappa shape index (κ1) is 23.3. The molecule has 5 nitrogen and oxygen atoms in total. The monoisotopic (exact) mass is 481 g/mol. The Bertz CT molecular complexity index is 1130. The van der Waals surface area contributed by atoms with Gasteiger partial charge in [-0.1, -0.05) is 30.7 Å². The van der Waals surface area contributed by atoms with Crippen molar-refractivity contribution in [2.75, 3.05) is 24.6 Å². The van der Waals surface area contributed by atoms with Crippen molar-refractivity contribution in [1.29, 1.82) is 0 Å². The van der Waals surface area contributed by atoms with E-state index in [9.17, 15) is 15.0 Å². The lowest BCUT2D eigenvalue weighted by molar-refractivity contribution is -0.0242. The van der Waals surface area contributed by atoms with Crippen LogP contribution in [0.15, 0.2) is 49.1 Å². The van der Waals surface area contributed by atoms with Crippen LogP contribution in [0.3, 0.4) is 0 Å². The van der Waals surface area contributed by atoms with Gasteiger partial charge < -0.3 is 19.8 Å². The standard InChI is InChI=1S/C28H32ClNO4/c1-3-24(31)22-10-12-27(22,2)15-30-16-28(11-4-5-18-13-20(29)7-8-21(18)28)17-34-25-9-6-19(26(32)33)14-23(25)30/h3,6-9,13-14,22,24,31H,1,4-5,10-12,15-17H2,2H3,(H,32,33)/t22-,24-,27?,28-/m0/s1. The summed E-state index contributed by atoms with van der Waals surface area (Å²) in [6.45, 7) is 8.00. The number of halogens is 1. The molecule has 4 atom stereocenters. The molecule has 1 fully saturated rings. The van der Waals surface area contributed by atoms with Crippen LogP contribution in [0, 0.1) is 11.3 Å². The van der Waals surface area contributed by atoms with E-state index in [0.29, 0.717) is 18.9 Å². The van der Waals surface area contributed by atoms with E-state index in [2.05, 4.69) is 30.5 Å². The SMILES string of the molecule is C=C[C@H](O)[C@@H]1CCC1(C)CN1C[C@@]2(CCCc3cc(Cl)ccc32)COc2ccc(C(=O)O)cc21. The van der Waals surface area contributed by atoms with Crippen LogP contribution >= 0.6 is 11.6 Å². The van der Waals surface area contributed by atoms with Gasteiger partial charge in [-0.15, -0.1) is 6.58 Å². The Morgan fingerprint density at radius 2 is 2.15 bits per heavy atom. The van der Waals surface area contributed by atoms with Gasteiger partial charge in [0.25, 0.3) is 0 Å². The molecular weight excluding hydrogens is 450 g/mol. The Labute approximate surface area is 206 Å². The summed E-state index contributed by atoms with van der Waals surface area (Å²) in [6.07, 6.45) is 6.10. The van der Waals surface area contributed by atoms with Crippen molar-refractivity contribution in [2.24, 2.45) is 11.3 Å². The highest BCUT2D eigenvalue weighted by Gasteiger charge is 2.49. The minimum Gasteiger partial charge on any atom is -0.490 e. The number of rotatable bonds is 5. The van der Waals surface area contributed by atoms with E-state index in [1.807, 2.05) is 6.07 Å². The molecule has 0 amide bonds. The predicted octanol–water partition coefficient (Wildman–Crippen LogP) is 5.47. The number of aliphatic hydroxyl groups is 1. The Morgan fingerprint density at radius 3 is 2.85 bits per heavy atom. The molecule has 180 valence electrons. The maximum absolute atomic E-state index is 11.8. The molecule has 2 N–H and O–H groups in total. The van der Waals surface area contributed by atoms with Gasteiger partial charge in [-0.2, -0.15) is 0 Å². The first-order chi connectivity index (χ1) is 16.2. The minimum atomic E-state index is -0.950. The van der Waals surface area contributed by atoms with Crippen LogP contribution in [0.2, 0.25) is 5.02 Å². The number of aryl methyl sites for hydroxylation is 1. The van der Waals surface area contributed by atoms with Gasteiger partial charge in [0.15, 0.2) is 0 Å². The van der Waals surface area contributed by atoms with Crippen molar-refractivity contribution in [3.05, 3.63) is 70.8 Å². The van der Waals surface area contributed by atoms with Crippen LogP contribution in [0.1, 0.15) is 54.1 Å². The van der Waals surface area contributed by atoms with E-state index >= 15 is 0 Å². The lowest BCUT2D eigenvalue weighted by Crippen LogP contribution is -2.54. The van der Waals surface area contributed by atoms with Crippen molar-refractivity contribution in [3.8, 4) is 5.75 Å². The van der Waals surface area contributed by atoms with E-state index in [-0.39, 0.29) is 22.3 Å². The van der Waals surface area contributed by atoms with E-state index in [1.54, 1.807) is 24.3 Å². The zero-order chi connectivity index (χ0) is 24.1. The number of anilines is 1. The molecule has 2 aromatic rings. The molecule has 1 saturated carbocycles. The molecule has 0 bridgehead atoms. The van der Waals surface area contributed by atoms with E-state index in [0.717, 1.165) is 49.4 Å². The highest BCUT2D eigenvalue weighted by Crippen LogP contribution is 2.51. The summed E-state index contributed by atoms with van der Waals surface area (Å²) >= 11 is 6.33. The zero-order valence-corrected chi connectivity index (χ0v) is 20.4. The van der Waals surface area contributed by atoms with Crippen LogP contribution in [-0.2, 0) is 11.8 Å². The molecule has 1 aliphatic heterocycles. The summed E-state index contributed by atoms with van der Waals surface area (Å²) in [4.78, 5) is 14.1. The zero-order valence-electron chi connectivity index (χ0n) is 19.6. The first-order valence-corrected chi connectivity index (χ1v) is 12.5. The summed E-state index contributed by atoms with van der Waals surface area (Å²) in [5.41, 5.74) is 3.30. The van der Waals surface area contributed by atoms with E-state index in [1.165, 1.54) is 11.1 Å². The van der Waals surface area contributed by atoms with Gasteiger partial charge in [0.1, 0.15) is 5.75 Å². The number of hydrogen-bond acceptors (Lipinski definition) is 4. The molecule has 2 aliphatic carbocycles. The maximum atomic E-state index is 11.8. The molecule has 1 heterocycles. The smallest absolute Gasteiger partial charge is 0.335 e. The number of benzene rings is 2. The fourth-order valence-corrected chi connectivity index (χ4v) is 6.60. The summed E-state index contributed by atoms with van der Waals surface area (Å²) < 4.78 is 6.42. The number of ether oxygens (including phenoxy) is 1. The minimum absolute atomic E-state index is 0.104. The second kappa shape index (κ2) is 8.62. The quantitative estimate of drug-likeness (QED) is 0.554. The fourth-order valence-electron chi connectivity index (χ4n) is 6.41. The van der Waals surface area contributed by atoms with Crippen molar-refractivity contribution in [3.63, 3.8) is 0 Å². The van der Waals surface area contributed by atoms with Crippen molar-refractivity contribution >= 4 is 23.3 Å². The third-order valence-corrected chi connectivity index (χ3v) is 8.65. The van der Waals surface area contributed by atoms with E-state index in [4.69, 9.17) is 16.3 Å². The van der Waals surface area contributed by atoms with Gasteiger partial charge in [-0.05, 0) is 84.9 Å². The Balaban J connectivity index is 1.58. The number of hydrogen-bond donors (Lipinski definition) is 2. The molecule has 1 spiro atoms. The third kappa shape index (κ3) is 3.89. The second-order valence-corrected chi connectivity index (χ2v) is 11.0. The normalized spacial score (nSPS) is 28.7. The lowest BCUT2D eigenvalue weighted by atomic mass is 9.58. The van der Waals surface area contributed by atoms with Gasteiger partial charge in [0, 0.05) is 23.5 Å². The van der Waals surface area contributed by atoms with Gasteiger partial charge >= 0.3 is 5.97 Å². The summed E-state index contributed by atoms with van der Waals surface area (Å²) in [5.74, 6) is -0.102. The fraction of sp³-hybridized carbons (Fsp3) is 0.464. The molecule has 0 saturated heterocycles. The van der Waals surface area contributed by atoms with Crippen LogP contribution in [0.25, 0.3) is 0 Å². The van der Waals surface area contributed by atoms with Crippen molar-refractivity contribution in [2.45, 2.75) is 50.5 Å². The topological polar surface area (TPSA) is 70.0 Å². The highest BCUT2D eigenvalue weighted by atomic mass is 35.5. The Kier molecular flexibility index (Phi) is 5.89. The van der Waals surface area contributed by atoms with Crippen LogP contribution < -0.4 is 9.64 Å². The molecular formula is C28H32ClNO4. The summed E-state index contributed by atoms with van der Waals surface area (Å²) in [7, 11) is 0. The number of carboxylic acid groups (broad SMARTS) is 1. The second-order valence-electron chi connectivity index (χ2n) is 10.6. The van der Waals surface area contributed by atoms with Gasteiger partial charge in [0.2, 0.25) is 0 Å². The number of carboxylic acids is 1. The lowest BCUT2D eigenvalue weighted by Gasteiger charge is -2.52. The van der Waals surface area contributed by atoms with Crippen LogP contribution in [0.4, 0.5) is 5.69 Å².